The van der Waals surface area contributed by atoms with Crippen LogP contribution in [0.2, 0.25) is 0 Å². The first kappa shape index (κ1) is 95.8. The van der Waals surface area contributed by atoms with Gasteiger partial charge in [0, 0.05) is 139 Å². The Hall–Kier alpha value is -8.37. The topological polar surface area (TPSA) is 108 Å². The maximum absolute atomic E-state index is 15.7. The molecule has 6 heterocycles. The molecule has 0 amide bonds. The van der Waals surface area contributed by atoms with Gasteiger partial charge >= 0.3 is 52.5 Å². The molecule has 688 valence electrons. The molecule has 17 heteroatoms. The Kier molecular flexibility index (Phi) is 26.6. The molecule has 12 aromatic rings. The fourth-order valence-electron chi connectivity index (χ4n) is 18.6. The summed E-state index contributed by atoms with van der Waals surface area (Å²) in [6.45, 7) is 54.9. The zero-order valence-corrected chi connectivity index (χ0v) is 88.5. The van der Waals surface area contributed by atoms with E-state index in [9.17, 15) is 0 Å². The molecule has 0 spiro atoms. The van der Waals surface area contributed by atoms with Crippen molar-refractivity contribution in [3.8, 4) is 46.0 Å². The number of rotatable bonds is 10. The number of fused-ring (bicyclic) bond motifs is 4. The van der Waals surface area contributed by atoms with Crippen LogP contribution in [-0.4, -0.2) is 12.7 Å². The quantitative estimate of drug-likeness (QED) is 0.123. The van der Waals surface area contributed by atoms with Gasteiger partial charge in [-0.05, 0) is 110 Å². The molecule has 131 heavy (non-hydrogen) atoms. The van der Waals surface area contributed by atoms with E-state index in [1.165, 1.54) is 44.5 Å². The Morgan fingerprint density at radius 1 is 0.244 bits per heavy atom. The van der Waals surface area contributed by atoms with Crippen molar-refractivity contribution in [2.45, 2.75) is 261 Å². The number of hydrogen-bond donors (Lipinski definition) is 0. The molecule has 0 N–H and O–H groups in total. The van der Waals surface area contributed by atoms with Gasteiger partial charge in [0.05, 0.1) is 0 Å². The van der Waals surface area contributed by atoms with Gasteiger partial charge in [-0.15, -0.1) is 0 Å². The summed E-state index contributed by atoms with van der Waals surface area (Å²) in [4.78, 5) is 0. The summed E-state index contributed by atoms with van der Waals surface area (Å²) in [5, 5.41) is 3.10. The Labute approximate surface area is 798 Å². The molecule has 0 radical (unpaired) electrons. The second-order valence-electron chi connectivity index (χ2n) is 44.9. The van der Waals surface area contributed by atoms with Crippen LogP contribution in [0.25, 0.3) is 0 Å². The first-order chi connectivity index (χ1) is 61.5. The fourth-order valence-corrected chi connectivity index (χ4v) is 25.9. The van der Waals surface area contributed by atoms with E-state index in [0.29, 0.717) is 51.4 Å². The second kappa shape index (κ2) is 36.4. The summed E-state index contributed by atoms with van der Waals surface area (Å²) in [7, 11) is -1.65. The predicted octanol–water partition coefficient (Wildman–Crippen LogP) is 29.4. The van der Waals surface area contributed by atoms with Crippen molar-refractivity contribution in [2.24, 2.45) is 0 Å². The summed E-state index contributed by atoms with van der Waals surface area (Å²) in [6, 6.07) is 76.9. The molecule has 0 unspecified atom stereocenters. The summed E-state index contributed by atoms with van der Waals surface area (Å²) in [6.07, 6.45) is 4.79. The molecule has 0 atom stereocenters. The van der Waals surface area contributed by atoms with Crippen LogP contribution >= 0.6 is 50.3 Å². The van der Waals surface area contributed by atoms with Gasteiger partial charge in [-0.2, -0.15) is 0 Å². The van der Waals surface area contributed by atoms with Gasteiger partial charge in [0.2, 0.25) is 0 Å². The predicted molar refractivity (Wildman–Crippen MR) is 546 cm³/mol. The third-order valence-corrected chi connectivity index (χ3v) is 34.2. The Morgan fingerprint density at radius 2 is 0.374 bits per heavy atom. The van der Waals surface area contributed by atoms with Gasteiger partial charge in [-0.25, -0.2) is 0 Å². The first-order valence-corrected chi connectivity index (χ1v) is 58.0. The molecule has 0 fully saturated rings. The van der Waals surface area contributed by atoms with Gasteiger partial charge in [-0.1, -0.05) is 385 Å². The monoisotopic (exact) mass is 2050 g/mol. The van der Waals surface area contributed by atoms with Crippen molar-refractivity contribution in [1.29, 1.82) is 0 Å². The van der Waals surface area contributed by atoms with Crippen LogP contribution in [0.3, 0.4) is 0 Å². The first-order valence-electron chi connectivity index (χ1n) is 46.1. The SMILES string of the molecule is CC(C)(C)c1cc2c(OCP(=O)(c3ccccc3)c3ccccc3)c(c1)Cc1cc(C(C)(C)C)cc3c1O[PH+]1Oc4c(cc(C(C)(C)C)cc4Cc4cc(C(C)(C)C)cc(c4O1)C3)C2.CC(C)(C)c1cc2c(OCP(=O)(c3ccccc3)c3ccccc3)c(c1)Cc1cc(C(C)(C)C)cc3c1O[PH+]1Oc4c(cc(C(C)(C)C)cc4Cc4cc(C(C)(C)C)cc(c4O1)C3)C2.[Cl][Pt][Cl]. The number of hydrogen-bond acceptors (Lipinski definition) is 10. The normalized spacial score (nSPS) is 14.9. The third kappa shape index (κ3) is 20.5. The molecular weight excluding hydrogens is 1920 g/mol. The number of halogens is 2. The van der Waals surface area contributed by atoms with E-state index in [2.05, 4.69) is 263 Å². The van der Waals surface area contributed by atoms with E-state index in [0.717, 1.165) is 156 Å². The molecule has 0 aromatic heterocycles. The fraction of sp³-hybridized carbons (Fsp3) is 0.368. The molecule has 6 aliphatic heterocycles. The van der Waals surface area contributed by atoms with Crippen molar-refractivity contribution in [1.82, 2.24) is 0 Å². The van der Waals surface area contributed by atoms with E-state index >= 15 is 9.13 Å². The minimum atomic E-state index is -3.27. The zero-order valence-electron chi connectivity index (χ0n) is 80.9. The number of ether oxygens (including phenoxy) is 2. The molecule has 6 aliphatic rings. The number of benzene rings is 12. The molecule has 0 saturated carbocycles. The summed E-state index contributed by atoms with van der Waals surface area (Å²) in [5.74, 6) is 6.60. The van der Waals surface area contributed by atoms with Crippen molar-refractivity contribution in [3.63, 3.8) is 0 Å². The van der Waals surface area contributed by atoms with Crippen molar-refractivity contribution in [2.75, 3.05) is 12.7 Å². The Balaban J connectivity index is 0.000000186. The van der Waals surface area contributed by atoms with Gasteiger partial charge < -0.3 is 18.6 Å². The van der Waals surface area contributed by atoms with Gasteiger partial charge in [0.15, 0.2) is 48.8 Å². The molecule has 10 nitrogen and oxygen atoms in total. The standard InChI is InChI=1S/2C57H65O5P2.2ClH.Pt/c2*1-54(2,3)44-27-36-23-38-29-45(55(4,5)6)31-40-25-42-33-47(57(10,11)12)34-43-26-41-32-46(56(7,8)9)30-39(52(41)61-63(60-51(38)40)62-53(42)43)24-37(28-44)50(36)59-35-64(58,48-19-15-13-16-20-48)49-21-17-14-18-22-49;;;/h2*13-22,27-34,63H,23-26,35H2,1-12H3;2*1H;/q2*+1;;;+2/p-2. The average Bonchev–Trinajstić information content (AvgIpc) is 0.743. The molecule has 12 bridgehead atoms. The van der Waals surface area contributed by atoms with Crippen molar-refractivity contribution >= 4 is 71.5 Å². The summed E-state index contributed by atoms with van der Waals surface area (Å²) in [5.41, 5.74) is 26.5. The van der Waals surface area contributed by atoms with E-state index in [4.69, 9.17) is 55.5 Å². The van der Waals surface area contributed by atoms with Crippen LogP contribution in [0.5, 0.6) is 46.0 Å². The molecule has 18 rings (SSSR count). The molecule has 0 saturated heterocycles. The minimum absolute atomic E-state index is 0.0116. The van der Waals surface area contributed by atoms with E-state index in [-0.39, 0.29) is 56.0 Å². The Bertz CT molecular complexity index is 5730. The van der Waals surface area contributed by atoms with Crippen LogP contribution in [-0.2, 0) is 120 Å². The summed E-state index contributed by atoms with van der Waals surface area (Å²) >= 11 is -0.472. The Morgan fingerprint density at radius 3 is 0.511 bits per heavy atom. The van der Waals surface area contributed by atoms with Crippen LogP contribution < -0.4 is 57.8 Å². The van der Waals surface area contributed by atoms with E-state index in [1.807, 2.05) is 121 Å². The molecular formula is C114H130Cl2O10P4Pt+2. The summed E-state index contributed by atoms with van der Waals surface area (Å²) < 4.78 is 89.1. The van der Waals surface area contributed by atoms with Crippen LogP contribution in [0.1, 0.15) is 300 Å². The van der Waals surface area contributed by atoms with E-state index in [1.54, 1.807) is 0 Å². The van der Waals surface area contributed by atoms with Crippen LogP contribution in [0, 0.1) is 0 Å². The average molecular weight is 2050 g/mol. The third-order valence-electron chi connectivity index (χ3n) is 26.5. The maximum atomic E-state index is 15.7. The zero-order chi connectivity index (χ0) is 93.8. The van der Waals surface area contributed by atoms with Gasteiger partial charge in [-0.3, -0.25) is 27.1 Å². The van der Waals surface area contributed by atoms with Crippen LogP contribution in [0.4, 0.5) is 0 Å². The van der Waals surface area contributed by atoms with Crippen LogP contribution in [0.15, 0.2) is 218 Å². The molecule has 12 aromatic carbocycles. The van der Waals surface area contributed by atoms with E-state index < -0.39 is 48.0 Å². The van der Waals surface area contributed by atoms with Crippen molar-refractivity contribution in [3.05, 3.63) is 352 Å². The van der Waals surface area contributed by atoms with Crippen molar-refractivity contribution < 1.29 is 62.2 Å². The van der Waals surface area contributed by atoms with Gasteiger partial charge in [0.1, 0.15) is 24.2 Å². The second-order valence-corrected chi connectivity index (χ2v) is 56.0. The molecule has 0 aliphatic carbocycles. The van der Waals surface area contributed by atoms with Gasteiger partial charge in [0.25, 0.3) is 0 Å².